The fourth-order valence-electron chi connectivity index (χ4n) is 0.963. The van der Waals surface area contributed by atoms with Gasteiger partial charge in [0.15, 0.2) is 0 Å². The summed E-state index contributed by atoms with van der Waals surface area (Å²) < 4.78 is 12.5. The second-order valence-electron chi connectivity index (χ2n) is 3.09. The van der Waals surface area contributed by atoms with Gasteiger partial charge < -0.3 is 5.11 Å². The highest BCUT2D eigenvalue weighted by Crippen LogP contribution is 2.13. The fourth-order valence-corrected chi connectivity index (χ4v) is 0.963. The summed E-state index contributed by atoms with van der Waals surface area (Å²) >= 11 is 0. The van der Waals surface area contributed by atoms with Crippen molar-refractivity contribution in [3.05, 3.63) is 41.5 Å². The Morgan fingerprint density at radius 3 is 2.69 bits per heavy atom. The minimum Gasteiger partial charge on any atom is -0.383 e. The predicted octanol–water partition coefficient (Wildman–Crippen LogP) is 2.22. The molecule has 13 heavy (non-hydrogen) atoms. The molecule has 0 spiro atoms. The van der Waals surface area contributed by atoms with Crippen LogP contribution in [0.5, 0.6) is 0 Å². The Balaban J connectivity index is 2.83. The molecular formula is C10H12FNO. The van der Waals surface area contributed by atoms with Gasteiger partial charge >= 0.3 is 0 Å². The van der Waals surface area contributed by atoms with E-state index in [9.17, 15) is 9.50 Å². The van der Waals surface area contributed by atoms with Crippen LogP contribution >= 0.6 is 0 Å². The molecule has 0 aromatic carbocycles. The number of pyridine rings is 1. The number of halogens is 1. The number of aliphatic hydroxyl groups is 1. The standard InChI is InChI=1S/C10H12FNO/c1-7(2)5-10(13)9-4-3-8(11)6-12-9/h3-6,10,13H,1-2H3. The maximum absolute atomic E-state index is 12.5. The molecule has 2 nitrogen and oxygen atoms in total. The van der Waals surface area contributed by atoms with E-state index in [0.29, 0.717) is 5.69 Å². The van der Waals surface area contributed by atoms with Crippen molar-refractivity contribution in [3.8, 4) is 0 Å². The zero-order chi connectivity index (χ0) is 9.84. The van der Waals surface area contributed by atoms with E-state index in [4.69, 9.17) is 0 Å². The first kappa shape index (κ1) is 9.86. The molecule has 3 heteroatoms. The lowest BCUT2D eigenvalue weighted by atomic mass is 10.2. The van der Waals surface area contributed by atoms with E-state index in [1.54, 1.807) is 6.08 Å². The van der Waals surface area contributed by atoms with E-state index in [-0.39, 0.29) is 0 Å². The van der Waals surface area contributed by atoms with Crippen molar-refractivity contribution < 1.29 is 9.50 Å². The van der Waals surface area contributed by atoms with Gasteiger partial charge in [0.2, 0.25) is 0 Å². The van der Waals surface area contributed by atoms with Crippen molar-refractivity contribution in [1.29, 1.82) is 0 Å². The second kappa shape index (κ2) is 4.14. The summed E-state index contributed by atoms with van der Waals surface area (Å²) in [4.78, 5) is 3.76. The summed E-state index contributed by atoms with van der Waals surface area (Å²) in [6, 6.07) is 2.75. The van der Waals surface area contributed by atoms with Crippen LogP contribution in [-0.4, -0.2) is 10.1 Å². The van der Waals surface area contributed by atoms with Gasteiger partial charge in [-0.3, -0.25) is 4.98 Å². The molecule has 70 valence electrons. The lowest BCUT2D eigenvalue weighted by molar-refractivity contribution is 0.222. The highest BCUT2D eigenvalue weighted by molar-refractivity contribution is 5.14. The molecule has 0 radical (unpaired) electrons. The Morgan fingerprint density at radius 2 is 2.23 bits per heavy atom. The van der Waals surface area contributed by atoms with Crippen LogP contribution in [0.4, 0.5) is 4.39 Å². The monoisotopic (exact) mass is 181 g/mol. The first-order valence-electron chi connectivity index (χ1n) is 4.04. The molecule has 0 aliphatic carbocycles. The average molecular weight is 181 g/mol. The third-order valence-corrected chi connectivity index (χ3v) is 1.54. The lowest BCUT2D eigenvalue weighted by Crippen LogP contribution is -1.97. The molecule has 1 atom stereocenters. The quantitative estimate of drug-likeness (QED) is 0.709. The topological polar surface area (TPSA) is 33.1 Å². The van der Waals surface area contributed by atoms with Crippen LogP contribution in [0.25, 0.3) is 0 Å². The van der Waals surface area contributed by atoms with Gasteiger partial charge in [0.05, 0.1) is 11.9 Å². The van der Waals surface area contributed by atoms with Crippen LogP contribution in [0, 0.1) is 5.82 Å². The van der Waals surface area contributed by atoms with Gasteiger partial charge in [0.1, 0.15) is 11.9 Å². The van der Waals surface area contributed by atoms with Crippen LogP contribution in [0.1, 0.15) is 25.6 Å². The van der Waals surface area contributed by atoms with Crippen molar-refractivity contribution in [1.82, 2.24) is 4.98 Å². The third kappa shape index (κ3) is 2.95. The van der Waals surface area contributed by atoms with E-state index in [1.165, 1.54) is 12.1 Å². The van der Waals surface area contributed by atoms with Crippen molar-refractivity contribution in [2.45, 2.75) is 20.0 Å². The number of hydrogen-bond acceptors (Lipinski definition) is 2. The maximum Gasteiger partial charge on any atom is 0.141 e. The Morgan fingerprint density at radius 1 is 1.54 bits per heavy atom. The molecule has 0 bridgehead atoms. The zero-order valence-electron chi connectivity index (χ0n) is 7.66. The van der Waals surface area contributed by atoms with Gasteiger partial charge in [0.25, 0.3) is 0 Å². The molecule has 1 aromatic heterocycles. The summed E-state index contributed by atoms with van der Waals surface area (Å²) in [6.45, 7) is 3.76. The largest absolute Gasteiger partial charge is 0.383 e. The normalized spacial score (nSPS) is 12.3. The molecule has 0 saturated carbocycles. The van der Waals surface area contributed by atoms with Gasteiger partial charge in [-0.15, -0.1) is 0 Å². The molecule has 1 unspecified atom stereocenters. The van der Waals surface area contributed by atoms with E-state index in [1.807, 2.05) is 13.8 Å². The molecule has 0 saturated heterocycles. The number of rotatable bonds is 2. The Hall–Kier alpha value is -1.22. The first-order valence-corrected chi connectivity index (χ1v) is 4.04. The summed E-state index contributed by atoms with van der Waals surface area (Å²) in [6.07, 6.45) is 2.02. The molecule has 0 aliphatic rings. The van der Waals surface area contributed by atoms with E-state index < -0.39 is 11.9 Å². The SMILES string of the molecule is CC(C)=CC(O)c1ccc(F)cn1. The van der Waals surface area contributed by atoms with E-state index >= 15 is 0 Å². The Kier molecular flexibility index (Phi) is 3.14. The third-order valence-electron chi connectivity index (χ3n) is 1.54. The summed E-state index contributed by atoms with van der Waals surface area (Å²) in [5.74, 6) is -0.395. The predicted molar refractivity (Wildman–Crippen MR) is 48.6 cm³/mol. The van der Waals surface area contributed by atoms with Crippen molar-refractivity contribution in [2.24, 2.45) is 0 Å². The van der Waals surface area contributed by atoms with Crippen molar-refractivity contribution in [2.75, 3.05) is 0 Å². The van der Waals surface area contributed by atoms with Gasteiger partial charge in [-0.05, 0) is 26.0 Å². The molecule has 1 aromatic rings. The van der Waals surface area contributed by atoms with Gasteiger partial charge in [-0.2, -0.15) is 0 Å². The minimum atomic E-state index is -0.745. The van der Waals surface area contributed by atoms with Gasteiger partial charge in [-0.25, -0.2) is 4.39 Å². The van der Waals surface area contributed by atoms with Gasteiger partial charge in [-0.1, -0.05) is 11.6 Å². The zero-order valence-corrected chi connectivity index (χ0v) is 7.66. The lowest BCUT2D eigenvalue weighted by Gasteiger charge is -2.04. The van der Waals surface area contributed by atoms with Crippen molar-refractivity contribution >= 4 is 0 Å². The number of nitrogens with zero attached hydrogens (tertiary/aromatic N) is 1. The van der Waals surface area contributed by atoms with Crippen LogP contribution in [0.2, 0.25) is 0 Å². The highest BCUT2D eigenvalue weighted by Gasteiger charge is 2.04. The highest BCUT2D eigenvalue weighted by atomic mass is 19.1. The van der Waals surface area contributed by atoms with Crippen LogP contribution in [-0.2, 0) is 0 Å². The average Bonchev–Trinajstić information content (AvgIpc) is 2.04. The number of aromatic nitrogens is 1. The van der Waals surface area contributed by atoms with E-state index in [0.717, 1.165) is 11.8 Å². The Bertz CT molecular complexity index is 301. The summed E-state index contributed by atoms with van der Waals surface area (Å²) in [5.41, 5.74) is 1.46. The maximum atomic E-state index is 12.5. The molecular weight excluding hydrogens is 169 g/mol. The van der Waals surface area contributed by atoms with Crippen LogP contribution < -0.4 is 0 Å². The van der Waals surface area contributed by atoms with Crippen molar-refractivity contribution in [3.63, 3.8) is 0 Å². The Labute approximate surface area is 76.7 Å². The van der Waals surface area contributed by atoms with Crippen LogP contribution in [0.15, 0.2) is 30.0 Å². The summed E-state index contributed by atoms with van der Waals surface area (Å²) in [7, 11) is 0. The minimum absolute atomic E-state index is 0.395. The molecule has 1 rings (SSSR count). The smallest absolute Gasteiger partial charge is 0.141 e. The number of allylic oxidation sites excluding steroid dienone is 1. The number of hydrogen-bond donors (Lipinski definition) is 1. The van der Waals surface area contributed by atoms with E-state index in [2.05, 4.69) is 4.98 Å². The molecule has 1 heterocycles. The fraction of sp³-hybridized carbons (Fsp3) is 0.300. The molecule has 0 aliphatic heterocycles. The van der Waals surface area contributed by atoms with Crippen LogP contribution in [0.3, 0.4) is 0 Å². The first-order chi connectivity index (χ1) is 6.09. The molecule has 0 fully saturated rings. The molecule has 1 N–H and O–H groups in total. The van der Waals surface area contributed by atoms with Gasteiger partial charge in [0, 0.05) is 0 Å². The number of aliphatic hydroxyl groups excluding tert-OH is 1. The second-order valence-corrected chi connectivity index (χ2v) is 3.09. The summed E-state index contributed by atoms with van der Waals surface area (Å²) in [5, 5.41) is 9.52. The molecule has 0 amide bonds.